The Bertz CT molecular complexity index is 530. The summed E-state index contributed by atoms with van der Waals surface area (Å²) >= 11 is 3.74. The van der Waals surface area contributed by atoms with Crippen molar-refractivity contribution in [3.63, 3.8) is 0 Å². The second kappa shape index (κ2) is 5.33. The zero-order valence-corrected chi connectivity index (χ0v) is 12.0. The predicted molar refractivity (Wildman–Crippen MR) is 81.6 cm³/mol. The molecule has 3 rings (SSSR count). The lowest BCUT2D eigenvalue weighted by Crippen LogP contribution is -2.17. The van der Waals surface area contributed by atoms with Crippen molar-refractivity contribution in [2.45, 2.75) is 19.4 Å². The van der Waals surface area contributed by atoms with Crippen LogP contribution < -0.4 is 5.32 Å². The number of aryl methyl sites for hydroxylation is 1. The number of nitrogens with one attached hydrogen (secondary N) is 1. The van der Waals surface area contributed by atoms with Crippen molar-refractivity contribution in [2.75, 3.05) is 16.8 Å². The molecule has 2 aromatic rings. The van der Waals surface area contributed by atoms with E-state index >= 15 is 0 Å². The molecule has 1 aliphatic heterocycles. The van der Waals surface area contributed by atoms with Gasteiger partial charge >= 0.3 is 0 Å². The zero-order chi connectivity index (χ0) is 12.4. The Morgan fingerprint density at radius 1 is 1.39 bits per heavy atom. The molecule has 1 aromatic heterocycles. The van der Waals surface area contributed by atoms with Gasteiger partial charge in [-0.25, -0.2) is 4.98 Å². The summed E-state index contributed by atoms with van der Waals surface area (Å²) in [5.41, 5.74) is 3.50. The summed E-state index contributed by atoms with van der Waals surface area (Å²) in [6.45, 7) is 2.05. The lowest BCUT2D eigenvalue weighted by Gasteiger charge is -2.13. The van der Waals surface area contributed by atoms with E-state index in [-0.39, 0.29) is 0 Å². The number of thiazole rings is 1. The van der Waals surface area contributed by atoms with Crippen LogP contribution in [0, 0.1) is 6.92 Å². The van der Waals surface area contributed by atoms with Gasteiger partial charge in [0, 0.05) is 28.4 Å². The van der Waals surface area contributed by atoms with Gasteiger partial charge in [0.15, 0.2) is 0 Å². The van der Waals surface area contributed by atoms with Gasteiger partial charge in [-0.15, -0.1) is 11.3 Å². The third kappa shape index (κ3) is 2.70. The van der Waals surface area contributed by atoms with Crippen LogP contribution in [0.25, 0.3) is 11.3 Å². The average molecular weight is 276 g/mol. The maximum absolute atomic E-state index is 4.54. The van der Waals surface area contributed by atoms with Crippen LogP contribution in [0.2, 0.25) is 0 Å². The molecular formula is C14H16N2S2. The molecule has 1 atom stereocenters. The smallest absolute Gasteiger partial charge is 0.0901 e. The Balaban J connectivity index is 1.80. The molecule has 1 aromatic carbocycles. The largest absolute Gasteiger partial charge is 0.381 e. The van der Waals surface area contributed by atoms with Gasteiger partial charge < -0.3 is 5.32 Å². The average Bonchev–Trinajstić information content (AvgIpc) is 3.01. The second-order valence-electron chi connectivity index (χ2n) is 4.54. The van der Waals surface area contributed by atoms with Crippen molar-refractivity contribution in [3.05, 3.63) is 34.7 Å². The van der Waals surface area contributed by atoms with Gasteiger partial charge in [0.05, 0.1) is 10.7 Å². The molecule has 0 spiro atoms. The number of aromatic nitrogens is 1. The summed E-state index contributed by atoms with van der Waals surface area (Å²) in [5, 5.41) is 6.86. The fraction of sp³-hybridized carbons (Fsp3) is 0.357. The van der Waals surface area contributed by atoms with Crippen LogP contribution in [0.5, 0.6) is 0 Å². The third-order valence-corrected chi connectivity index (χ3v) is 5.01. The number of benzene rings is 1. The first-order valence-electron chi connectivity index (χ1n) is 6.18. The molecule has 94 valence electrons. The second-order valence-corrected chi connectivity index (χ2v) is 6.75. The number of anilines is 1. The van der Waals surface area contributed by atoms with Gasteiger partial charge in [-0.1, -0.05) is 12.1 Å². The summed E-state index contributed by atoms with van der Waals surface area (Å²) in [7, 11) is 0. The quantitative estimate of drug-likeness (QED) is 0.916. The van der Waals surface area contributed by atoms with E-state index < -0.39 is 0 Å². The molecule has 0 radical (unpaired) electrons. The lowest BCUT2D eigenvalue weighted by molar-refractivity contribution is 0.813. The summed E-state index contributed by atoms with van der Waals surface area (Å²) in [6.07, 6.45) is 1.27. The maximum atomic E-state index is 4.54. The zero-order valence-electron chi connectivity index (χ0n) is 10.3. The third-order valence-electron chi connectivity index (χ3n) is 3.08. The molecule has 1 N–H and O–H groups in total. The van der Waals surface area contributed by atoms with Crippen molar-refractivity contribution in [1.29, 1.82) is 0 Å². The summed E-state index contributed by atoms with van der Waals surface area (Å²) in [4.78, 5) is 4.54. The number of thioether (sulfide) groups is 1. The molecule has 1 unspecified atom stereocenters. The first kappa shape index (κ1) is 12.1. The Hall–Kier alpha value is -1.00. The van der Waals surface area contributed by atoms with Gasteiger partial charge in [-0.2, -0.15) is 11.8 Å². The molecule has 4 heteroatoms. The topological polar surface area (TPSA) is 24.9 Å². The van der Waals surface area contributed by atoms with E-state index in [2.05, 4.69) is 39.9 Å². The molecule has 0 aliphatic carbocycles. The van der Waals surface area contributed by atoms with Crippen molar-refractivity contribution in [2.24, 2.45) is 0 Å². The standard InChI is InChI=1S/C14H16N2S2/c1-10-15-14(9-18-10)11-3-2-4-12(7-11)16-13-5-6-17-8-13/h2-4,7,9,13,16H,5-6,8H2,1H3. The normalized spacial score (nSPS) is 19.1. The van der Waals surface area contributed by atoms with Gasteiger partial charge in [-0.05, 0) is 31.2 Å². The summed E-state index contributed by atoms with van der Waals surface area (Å²) in [6, 6.07) is 9.21. The van der Waals surface area contributed by atoms with E-state index in [1.807, 2.05) is 18.7 Å². The Morgan fingerprint density at radius 3 is 3.06 bits per heavy atom. The van der Waals surface area contributed by atoms with Crippen molar-refractivity contribution >= 4 is 28.8 Å². The molecule has 18 heavy (non-hydrogen) atoms. The van der Waals surface area contributed by atoms with E-state index in [0.29, 0.717) is 6.04 Å². The minimum Gasteiger partial charge on any atom is -0.381 e. The fourth-order valence-corrected chi connectivity index (χ4v) is 3.92. The highest BCUT2D eigenvalue weighted by Gasteiger charge is 2.15. The first-order chi connectivity index (χ1) is 8.81. The van der Waals surface area contributed by atoms with Crippen molar-refractivity contribution in [3.8, 4) is 11.3 Å². The highest BCUT2D eigenvalue weighted by atomic mass is 32.2. The first-order valence-corrected chi connectivity index (χ1v) is 8.21. The van der Waals surface area contributed by atoms with E-state index in [1.54, 1.807) is 11.3 Å². The van der Waals surface area contributed by atoms with Crippen LogP contribution in [0.15, 0.2) is 29.6 Å². The van der Waals surface area contributed by atoms with Crippen LogP contribution in [0.4, 0.5) is 5.69 Å². The van der Waals surface area contributed by atoms with Gasteiger partial charge in [0.1, 0.15) is 0 Å². The Labute approximate surface area is 116 Å². The van der Waals surface area contributed by atoms with Crippen LogP contribution >= 0.6 is 23.1 Å². The molecule has 0 amide bonds. The monoisotopic (exact) mass is 276 g/mol. The minimum atomic E-state index is 0.627. The van der Waals surface area contributed by atoms with E-state index in [1.165, 1.54) is 29.2 Å². The van der Waals surface area contributed by atoms with E-state index in [4.69, 9.17) is 0 Å². The number of rotatable bonds is 3. The molecule has 2 heterocycles. The summed E-state index contributed by atoms with van der Waals surface area (Å²) < 4.78 is 0. The Morgan fingerprint density at radius 2 is 2.33 bits per heavy atom. The molecule has 1 aliphatic rings. The molecule has 1 saturated heterocycles. The molecule has 1 fully saturated rings. The predicted octanol–water partition coefficient (Wildman–Crippen LogP) is 4.04. The van der Waals surface area contributed by atoms with E-state index in [9.17, 15) is 0 Å². The maximum Gasteiger partial charge on any atom is 0.0901 e. The number of nitrogens with zero attached hydrogens (tertiary/aromatic N) is 1. The van der Waals surface area contributed by atoms with Crippen LogP contribution in [-0.4, -0.2) is 22.5 Å². The van der Waals surface area contributed by atoms with Crippen LogP contribution in [0.3, 0.4) is 0 Å². The minimum absolute atomic E-state index is 0.627. The Kier molecular flexibility index (Phi) is 3.57. The van der Waals surface area contributed by atoms with Crippen LogP contribution in [-0.2, 0) is 0 Å². The SMILES string of the molecule is Cc1nc(-c2cccc(NC3CCSC3)c2)cs1. The molecule has 0 bridgehead atoms. The van der Waals surface area contributed by atoms with Gasteiger partial charge in [0.25, 0.3) is 0 Å². The molecular weight excluding hydrogens is 260 g/mol. The lowest BCUT2D eigenvalue weighted by atomic mass is 10.1. The van der Waals surface area contributed by atoms with Crippen molar-refractivity contribution in [1.82, 2.24) is 4.98 Å². The molecule has 2 nitrogen and oxygen atoms in total. The van der Waals surface area contributed by atoms with Crippen molar-refractivity contribution < 1.29 is 0 Å². The van der Waals surface area contributed by atoms with E-state index in [0.717, 1.165) is 10.7 Å². The number of hydrogen-bond donors (Lipinski definition) is 1. The molecule has 0 saturated carbocycles. The highest BCUT2D eigenvalue weighted by Crippen LogP contribution is 2.26. The fourth-order valence-electron chi connectivity index (χ4n) is 2.15. The highest BCUT2D eigenvalue weighted by molar-refractivity contribution is 7.99. The van der Waals surface area contributed by atoms with Gasteiger partial charge in [-0.3, -0.25) is 0 Å². The summed E-state index contributed by atoms with van der Waals surface area (Å²) in [5.74, 6) is 2.50. The number of hydrogen-bond acceptors (Lipinski definition) is 4. The van der Waals surface area contributed by atoms with Gasteiger partial charge in [0.2, 0.25) is 0 Å². The van der Waals surface area contributed by atoms with Crippen LogP contribution in [0.1, 0.15) is 11.4 Å².